The van der Waals surface area contributed by atoms with E-state index < -0.39 is 36.1 Å². The first-order chi connectivity index (χ1) is 14.6. The van der Waals surface area contributed by atoms with Gasteiger partial charge in [-0.05, 0) is 38.4 Å². The van der Waals surface area contributed by atoms with Gasteiger partial charge < -0.3 is 29.2 Å². The maximum atomic E-state index is 12.7. The molecular weight excluding hydrogens is 408 g/mol. The molecule has 2 rings (SSSR count). The van der Waals surface area contributed by atoms with Gasteiger partial charge in [0, 0.05) is 0 Å². The van der Waals surface area contributed by atoms with Crippen molar-refractivity contribution in [3.05, 3.63) is 47.2 Å². The molecule has 1 amide bonds. The lowest BCUT2D eigenvalue weighted by Crippen LogP contribution is -2.36. The highest BCUT2D eigenvalue weighted by atomic mass is 16.6. The second kappa shape index (κ2) is 10.5. The normalized spacial score (nSPS) is 12.0. The number of carboxylic acids is 1. The van der Waals surface area contributed by atoms with Crippen molar-refractivity contribution < 1.29 is 38.2 Å². The molecule has 31 heavy (non-hydrogen) atoms. The van der Waals surface area contributed by atoms with Gasteiger partial charge in [0.1, 0.15) is 12.2 Å². The number of ether oxygens (including phenoxy) is 3. The zero-order valence-electron chi connectivity index (χ0n) is 17.8. The Morgan fingerprint density at radius 1 is 1.19 bits per heavy atom. The van der Waals surface area contributed by atoms with Crippen molar-refractivity contribution in [3.63, 3.8) is 0 Å². The van der Waals surface area contributed by atoms with Gasteiger partial charge in [-0.3, -0.25) is 4.79 Å². The minimum Gasteiger partial charge on any atom is -0.481 e. The van der Waals surface area contributed by atoms with Crippen LogP contribution in [0.15, 0.2) is 34.9 Å². The number of carboxylic acid groups (broad SMARTS) is 1. The maximum Gasteiger partial charge on any atom is 0.408 e. The second-order valence-electron chi connectivity index (χ2n) is 7.52. The molecule has 1 aromatic carbocycles. The number of carbonyl (C=O) groups excluding carboxylic acids is 2. The number of nitrogens with zero attached hydrogens (tertiary/aromatic N) is 1. The molecule has 168 valence electrons. The lowest BCUT2D eigenvalue weighted by atomic mass is 10.0. The Balaban J connectivity index is 2.31. The van der Waals surface area contributed by atoms with Crippen LogP contribution in [-0.4, -0.2) is 40.5 Å². The smallest absolute Gasteiger partial charge is 0.408 e. The molecule has 10 nitrogen and oxygen atoms in total. The molecule has 0 fully saturated rings. The average molecular weight is 434 g/mol. The fourth-order valence-electron chi connectivity index (χ4n) is 2.62. The van der Waals surface area contributed by atoms with Gasteiger partial charge in [0.25, 0.3) is 11.6 Å². The first-order valence-electron chi connectivity index (χ1n) is 9.65. The lowest BCUT2D eigenvalue weighted by Gasteiger charge is -2.23. The minimum atomic E-state index is -1.23. The number of aliphatic carboxylic acids is 1. The molecule has 2 aromatic rings. The van der Waals surface area contributed by atoms with Gasteiger partial charge in [-0.15, -0.1) is 0 Å². The van der Waals surface area contributed by atoms with Crippen LogP contribution >= 0.6 is 0 Å². The molecule has 0 aliphatic heterocycles. The van der Waals surface area contributed by atoms with Crippen LogP contribution in [0.25, 0.3) is 0 Å². The Bertz CT molecular complexity index is 902. The van der Waals surface area contributed by atoms with E-state index in [0.717, 1.165) is 5.56 Å². The third kappa shape index (κ3) is 7.32. The van der Waals surface area contributed by atoms with Gasteiger partial charge in [-0.2, -0.15) is 0 Å². The first-order valence-corrected chi connectivity index (χ1v) is 9.65. The van der Waals surface area contributed by atoms with Crippen LogP contribution in [-0.2, 0) is 20.9 Å². The van der Waals surface area contributed by atoms with E-state index in [1.54, 1.807) is 52.0 Å². The molecule has 0 saturated heterocycles. The van der Waals surface area contributed by atoms with Gasteiger partial charge in [-0.1, -0.05) is 30.3 Å². The molecular formula is C21H26N2O8. The van der Waals surface area contributed by atoms with Crippen molar-refractivity contribution in [1.82, 2.24) is 10.5 Å². The monoisotopic (exact) mass is 434 g/mol. The van der Waals surface area contributed by atoms with Crippen LogP contribution in [0, 0.1) is 0 Å². The van der Waals surface area contributed by atoms with Crippen molar-refractivity contribution in [1.29, 1.82) is 0 Å². The van der Waals surface area contributed by atoms with E-state index in [1.165, 1.54) is 0 Å². The quantitative estimate of drug-likeness (QED) is 0.568. The molecule has 0 spiro atoms. The Labute approximate surface area is 179 Å². The minimum absolute atomic E-state index is 0.0341. The van der Waals surface area contributed by atoms with E-state index in [4.69, 9.17) is 18.7 Å². The summed E-state index contributed by atoms with van der Waals surface area (Å²) in [6.45, 7) is 6.80. The van der Waals surface area contributed by atoms with Gasteiger partial charge in [0.05, 0.1) is 24.6 Å². The Morgan fingerprint density at radius 2 is 1.87 bits per heavy atom. The number of esters is 1. The number of hydrogen-bond acceptors (Lipinski definition) is 8. The lowest BCUT2D eigenvalue weighted by molar-refractivity contribution is -0.137. The number of hydrogen-bond donors (Lipinski definition) is 2. The summed E-state index contributed by atoms with van der Waals surface area (Å²) >= 11 is 0. The zero-order chi connectivity index (χ0) is 23.0. The number of benzene rings is 1. The Kier molecular flexibility index (Phi) is 8.00. The summed E-state index contributed by atoms with van der Waals surface area (Å²) in [5.41, 5.74) is -0.101. The number of aromatic nitrogens is 1. The maximum absolute atomic E-state index is 12.7. The van der Waals surface area contributed by atoms with Crippen LogP contribution in [0.5, 0.6) is 5.88 Å². The summed E-state index contributed by atoms with van der Waals surface area (Å²) in [7, 11) is 0. The predicted molar refractivity (Wildman–Crippen MR) is 108 cm³/mol. The molecule has 2 N–H and O–H groups in total. The highest BCUT2D eigenvalue weighted by molar-refractivity contribution is 5.89. The molecule has 10 heteroatoms. The van der Waals surface area contributed by atoms with Crippen molar-refractivity contribution in [2.45, 2.75) is 52.4 Å². The van der Waals surface area contributed by atoms with Crippen LogP contribution in [0.1, 0.15) is 61.8 Å². The summed E-state index contributed by atoms with van der Waals surface area (Å²) < 4.78 is 21.0. The number of carbonyl (C=O) groups is 3. The van der Waals surface area contributed by atoms with E-state index in [9.17, 15) is 19.5 Å². The van der Waals surface area contributed by atoms with Crippen LogP contribution in [0.3, 0.4) is 0 Å². The summed E-state index contributed by atoms with van der Waals surface area (Å²) in [6.07, 6.45) is -1.44. The zero-order valence-corrected chi connectivity index (χ0v) is 17.8. The highest BCUT2D eigenvalue weighted by Gasteiger charge is 2.34. The van der Waals surface area contributed by atoms with Crippen molar-refractivity contribution in [2.24, 2.45) is 0 Å². The van der Waals surface area contributed by atoms with Gasteiger partial charge in [-0.25, -0.2) is 9.59 Å². The summed E-state index contributed by atoms with van der Waals surface area (Å²) in [5.74, 6) is -2.58. The second-order valence-corrected chi connectivity index (χ2v) is 7.52. The van der Waals surface area contributed by atoms with Gasteiger partial charge >= 0.3 is 18.0 Å². The summed E-state index contributed by atoms with van der Waals surface area (Å²) in [4.78, 5) is 36.4. The summed E-state index contributed by atoms with van der Waals surface area (Å²) in [6, 6.07) is 7.76. The van der Waals surface area contributed by atoms with Gasteiger partial charge in [0.15, 0.2) is 0 Å². The third-order valence-electron chi connectivity index (χ3n) is 3.79. The molecule has 0 radical (unpaired) electrons. The molecule has 1 aromatic heterocycles. The van der Waals surface area contributed by atoms with Crippen molar-refractivity contribution in [2.75, 3.05) is 6.61 Å². The predicted octanol–water partition coefficient (Wildman–Crippen LogP) is 3.47. The van der Waals surface area contributed by atoms with Crippen molar-refractivity contribution >= 4 is 18.0 Å². The largest absolute Gasteiger partial charge is 0.481 e. The fourth-order valence-corrected chi connectivity index (χ4v) is 2.62. The standard InChI is InChI=1S/C21H26N2O8/c1-5-28-18-16(14(11-15(24)25)22-20(27)30-21(2,3)4)17(31-23-18)19(26)29-12-13-9-7-6-8-10-13/h6-10,14H,5,11-12H2,1-4H3,(H,22,27)(H,24,25). The van der Waals surface area contributed by atoms with Gasteiger partial charge in [0.2, 0.25) is 0 Å². The SMILES string of the molecule is CCOc1noc(C(=O)OCc2ccccc2)c1C(CC(=O)O)NC(=O)OC(C)(C)C. The molecule has 0 aliphatic carbocycles. The molecule has 1 heterocycles. The first kappa shape index (κ1) is 23.7. The highest BCUT2D eigenvalue weighted by Crippen LogP contribution is 2.32. The van der Waals surface area contributed by atoms with Crippen molar-refractivity contribution in [3.8, 4) is 5.88 Å². The molecule has 0 aliphatic rings. The van der Waals surface area contributed by atoms with Crippen LogP contribution in [0.2, 0.25) is 0 Å². The number of nitrogens with one attached hydrogen (secondary N) is 1. The Hall–Kier alpha value is -3.56. The topological polar surface area (TPSA) is 137 Å². The van der Waals surface area contributed by atoms with E-state index in [2.05, 4.69) is 10.5 Å². The number of amides is 1. The number of alkyl carbamates (subject to hydrolysis) is 1. The van der Waals surface area contributed by atoms with E-state index in [0.29, 0.717) is 0 Å². The van der Waals surface area contributed by atoms with Crippen LogP contribution < -0.4 is 10.1 Å². The molecule has 0 saturated carbocycles. The van der Waals surface area contributed by atoms with E-state index >= 15 is 0 Å². The summed E-state index contributed by atoms with van der Waals surface area (Å²) in [5, 5.41) is 15.5. The molecule has 1 unspecified atom stereocenters. The van der Waals surface area contributed by atoms with E-state index in [1.807, 2.05) is 6.07 Å². The van der Waals surface area contributed by atoms with Crippen LogP contribution in [0.4, 0.5) is 4.79 Å². The third-order valence-corrected chi connectivity index (χ3v) is 3.79. The fraction of sp³-hybridized carbons (Fsp3) is 0.429. The molecule has 0 bridgehead atoms. The average Bonchev–Trinajstić information content (AvgIpc) is 3.08. The van der Waals surface area contributed by atoms with E-state index in [-0.39, 0.29) is 30.4 Å². The number of rotatable bonds is 9. The molecule has 1 atom stereocenters. The Morgan fingerprint density at radius 3 is 2.45 bits per heavy atom.